The number of hydrogen-bond acceptors (Lipinski definition) is 5. The van der Waals surface area contributed by atoms with E-state index in [0.717, 1.165) is 14.7 Å². The SMILES string of the molecule is Cc1ccc(C=C2C(=O)NC(=S)N(c3cccc(C(=O)O)c3)C2=O)s1. The topological polar surface area (TPSA) is 86.7 Å². The molecule has 0 atom stereocenters. The zero-order valence-electron chi connectivity index (χ0n) is 13.0. The molecule has 0 aliphatic carbocycles. The Balaban J connectivity index is 2.02. The molecule has 2 heterocycles. The van der Waals surface area contributed by atoms with Gasteiger partial charge < -0.3 is 5.11 Å². The predicted molar refractivity (Wildman–Crippen MR) is 98.7 cm³/mol. The second-order valence-corrected chi connectivity index (χ2v) is 6.97. The molecule has 1 saturated heterocycles. The van der Waals surface area contributed by atoms with E-state index in [9.17, 15) is 14.4 Å². The first-order valence-corrected chi connectivity index (χ1v) is 8.40. The first-order valence-electron chi connectivity index (χ1n) is 7.18. The van der Waals surface area contributed by atoms with Gasteiger partial charge in [0.05, 0.1) is 11.3 Å². The predicted octanol–water partition coefficient (Wildman–Crippen LogP) is 2.59. The van der Waals surface area contributed by atoms with Crippen molar-refractivity contribution < 1.29 is 19.5 Å². The smallest absolute Gasteiger partial charge is 0.335 e. The van der Waals surface area contributed by atoms with Crippen LogP contribution in [0.2, 0.25) is 0 Å². The molecule has 3 rings (SSSR count). The number of anilines is 1. The number of nitrogens with one attached hydrogen (secondary N) is 1. The van der Waals surface area contributed by atoms with Crippen LogP contribution >= 0.6 is 23.6 Å². The van der Waals surface area contributed by atoms with Gasteiger partial charge in [0, 0.05) is 9.75 Å². The number of carbonyl (C=O) groups excluding carboxylic acids is 2. The monoisotopic (exact) mass is 372 g/mol. The van der Waals surface area contributed by atoms with Gasteiger partial charge in [-0.2, -0.15) is 0 Å². The van der Waals surface area contributed by atoms with E-state index in [2.05, 4.69) is 5.32 Å². The molecule has 126 valence electrons. The van der Waals surface area contributed by atoms with Gasteiger partial charge in [-0.15, -0.1) is 11.3 Å². The van der Waals surface area contributed by atoms with Gasteiger partial charge in [0.1, 0.15) is 5.57 Å². The summed E-state index contributed by atoms with van der Waals surface area (Å²) in [6, 6.07) is 9.51. The number of thiocarbonyl (C=S) groups is 1. The molecule has 0 spiro atoms. The summed E-state index contributed by atoms with van der Waals surface area (Å²) >= 11 is 6.55. The summed E-state index contributed by atoms with van der Waals surface area (Å²) in [4.78, 5) is 39.1. The number of carboxylic acids is 1. The Kier molecular flexibility index (Phi) is 4.47. The largest absolute Gasteiger partial charge is 0.478 e. The minimum Gasteiger partial charge on any atom is -0.478 e. The molecular formula is C17H12N2O4S2. The first kappa shape index (κ1) is 17.0. The third-order valence-corrected chi connectivity index (χ3v) is 4.73. The van der Waals surface area contributed by atoms with Gasteiger partial charge in [0.15, 0.2) is 5.11 Å². The molecule has 1 aliphatic heterocycles. The van der Waals surface area contributed by atoms with Crippen LogP contribution in [0, 0.1) is 6.92 Å². The summed E-state index contributed by atoms with van der Waals surface area (Å²) in [5.41, 5.74) is 0.240. The minimum atomic E-state index is -1.12. The first-order chi connectivity index (χ1) is 11.9. The number of carboxylic acid groups (broad SMARTS) is 1. The number of rotatable bonds is 3. The fourth-order valence-electron chi connectivity index (χ4n) is 2.34. The Morgan fingerprint density at radius 3 is 2.68 bits per heavy atom. The Morgan fingerprint density at radius 1 is 1.28 bits per heavy atom. The molecule has 6 nitrogen and oxygen atoms in total. The zero-order chi connectivity index (χ0) is 18.1. The molecule has 8 heteroatoms. The highest BCUT2D eigenvalue weighted by molar-refractivity contribution is 7.80. The fourth-order valence-corrected chi connectivity index (χ4v) is 3.44. The van der Waals surface area contributed by atoms with Crippen molar-refractivity contribution in [3.8, 4) is 0 Å². The van der Waals surface area contributed by atoms with Crippen LogP contribution in [0.1, 0.15) is 20.1 Å². The number of hydrogen-bond donors (Lipinski definition) is 2. The highest BCUT2D eigenvalue weighted by Gasteiger charge is 2.34. The highest BCUT2D eigenvalue weighted by Crippen LogP contribution is 2.25. The van der Waals surface area contributed by atoms with E-state index >= 15 is 0 Å². The van der Waals surface area contributed by atoms with Gasteiger partial charge in [-0.05, 0) is 55.5 Å². The van der Waals surface area contributed by atoms with Crippen LogP contribution in [-0.2, 0) is 9.59 Å². The van der Waals surface area contributed by atoms with Gasteiger partial charge in [-0.3, -0.25) is 19.8 Å². The van der Waals surface area contributed by atoms with Gasteiger partial charge in [0.25, 0.3) is 11.8 Å². The van der Waals surface area contributed by atoms with Crippen LogP contribution in [0.5, 0.6) is 0 Å². The summed E-state index contributed by atoms with van der Waals surface area (Å²) in [6.07, 6.45) is 1.51. The maximum atomic E-state index is 12.8. The Labute approximate surface area is 152 Å². The number of carbonyl (C=O) groups is 3. The normalized spacial score (nSPS) is 16.3. The van der Waals surface area contributed by atoms with Gasteiger partial charge in [-0.25, -0.2) is 4.79 Å². The molecule has 2 amide bonds. The number of amides is 2. The van der Waals surface area contributed by atoms with Crippen molar-refractivity contribution in [2.45, 2.75) is 6.92 Å². The Bertz CT molecular complexity index is 946. The van der Waals surface area contributed by atoms with Crippen LogP contribution in [-0.4, -0.2) is 28.0 Å². The molecule has 1 aromatic heterocycles. The molecule has 0 unspecified atom stereocenters. The molecule has 0 radical (unpaired) electrons. The lowest BCUT2D eigenvalue weighted by Crippen LogP contribution is -2.54. The van der Waals surface area contributed by atoms with E-state index in [4.69, 9.17) is 17.3 Å². The molecular weight excluding hydrogens is 360 g/mol. The van der Waals surface area contributed by atoms with Crippen molar-refractivity contribution in [1.29, 1.82) is 0 Å². The quantitative estimate of drug-likeness (QED) is 0.491. The fraction of sp³-hybridized carbons (Fsp3) is 0.0588. The minimum absolute atomic E-state index is 0.0180. The maximum Gasteiger partial charge on any atom is 0.335 e. The lowest BCUT2D eigenvalue weighted by molar-refractivity contribution is -0.122. The van der Waals surface area contributed by atoms with E-state index < -0.39 is 17.8 Å². The van der Waals surface area contributed by atoms with Gasteiger partial charge in [-0.1, -0.05) is 6.07 Å². The molecule has 1 aromatic carbocycles. The van der Waals surface area contributed by atoms with Gasteiger partial charge >= 0.3 is 5.97 Å². The average Bonchev–Trinajstić information content (AvgIpc) is 2.97. The van der Waals surface area contributed by atoms with Crippen molar-refractivity contribution in [1.82, 2.24) is 5.32 Å². The summed E-state index contributed by atoms with van der Waals surface area (Å²) < 4.78 is 0. The van der Waals surface area contributed by atoms with E-state index in [1.165, 1.54) is 35.6 Å². The molecule has 1 fully saturated rings. The van der Waals surface area contributed by atoms with Crippen LogP contribution in [0.25, 0.3) is 6.08 Å². The van der Waals surface area contributed by atoms with Crippen LogP contribution in [0.3, 0.4) is 0 Å². The Morgan fingerprint density at radius 2 is 2.04 bits per heavy atom. The standard InChI is InChI=1S/C17H12N2O4S2/c1-9-5-6-12(25-9)8-13-14(20)18-17(24)19(15(13)21)11-4-2-3-10(7-11)16(22)23/h2-8H,1H3,(H,22,23)(H,18,20,24). The molecule has 2 aromatic rings. The third-order valence-electron chi connectivity index (χ3n) is 3.50. The van der Waals surface area contributed by atoms with Gasteiger partial charge in [0.2, 0.25) is 0 Å². The van der Waals surface area contributed by atoms with E-state index in [1.54, 1.807) is 6.07 Å². The van der Waals surface area contributed by atoms with Crippen LogP contribution in [0.4, 0.5) is 5.69 Å². The van der Waals surface area contributed by atoms with E-state index in [0.29, 0.717) is 0 Å². The second-order valence-electron chi connectivity index (χ2n) is 5.26. The van der Waals surface area contributed by atoms with Crippen molar-refractivity contribution in [3.63, 3.8) is 0 Å². The number of nitrogens with zero attached hydrogens (tertiary/aromatic N) is 1. The van der Waals surface area contributed by atoms with Crippen molar-refractivity contribution in [3.05, 3.63) is 57.3 Å². The average molecular weight is 372 g/mol. The molecule has 0 bridgehead atoms. The number of benzene rings is 1. The summed E-state index contributed by atoms with van der Waals surface area (Å²) in [7, 11) is 0. The summed E-state index contributed by atoms with van der Waals surface area (Å²) in [6.45, 7) is 1.92. The number of thiophene rings is 1. The molecule has 2 N–H and O–H groups in total. The lowest BCUT2D eigenvalue weighted by atomic mass is 10.1. The summed E-state index contributed by atoms with van der Waals surface area (Å²) in [5.74, 6) is -2.29. The Hall–Kier alpha value is -2.84. The van der Waals surface area contributed by atoms with E-state index in [1.807, 2.05) is 19.1 Å². The van der Waals surface area contributed by atoms with E-state index in [-0.39, 0.29) is 21.9 Å². The van der Waals surface area contributed by atoms with Crippen molar-refractivity contribution >= 4 is 58.2 Å². The molecule has 1 aliphatic rings. The van der Waals surface area contributed by atoms with Crippen LogP contribution < -0.4 is 10.2 Å². The number of aromatic carboxylic acids is 1. The lowest BCUT2D eigenvalue weighted by Gasteiger charge is -2.29. The molecule has 25 heavy (non-hydrogen) atoms. The molecule has 0 saturated carbocycles. The number of aryl methyl sites for hydroxylation is 1. The highest BCUT2D eigenvalue weighted by atomic mass is 32.1. The maximum absolute atomic E-state index is 12.8. The van der Waals surface area contributed by atoms with Crippen LogP contribution in [0.15, 0.2) is 42.0 Å². The third kappa shape index (κ3) is 3.35. The summed E-state index contributed by atoms with van der Waals surface area (Å²) in [5, 5.41) is 11.5. The van der Waals surface area contributed by atoms with Crippen molar-refractivity contribution in [2.24, 2.45) is 0 Å². The van der Waals surface area contributed by atoms with Crippen molar-refractivity contribution in [2.75, 3.05) is 4.90 Å². The second kappa shape index (κ2) is 6.58. The zero-order valence-corrected chi connectivity index (χ0v) is 14.6.